The van der Waals surface area contributed by atoms with Crippen molar-refractivity contribution in [3.63, 3.8) is 0 Å². The van der Waals surface area contributed by atoms with Crippen molar-refractivity contribution in [3.05, 3.63) is 36.7 Å². The molecule has 0 saturated heterocycles. The summed E-state index contributed by atoms with van der Waals surface area (Å²) in [4.78, 5) is 8.21. The topological polar surface area (TPSA) is 37.8 Å². The first kappa shape index (κ1) is 9.45. The molecule has 0 fully saturated rings. The van der Waals surface area contributed by atoms with E-state index in [1.807, 2.05) is 13.0 Å². The minimum atomic E-state index is 0.628. The van der Waals surface area contributed by atoms with Gasteiger partial charge in [0.05, 0.1) is 0 Å². The van der Waals surface area contributed by atoms with Gasteiger partial charge in [0.2, 0.25) is 5.95 Å². The predicted octanol–water partition coefficient (Wildman–Crippen LogP) is 2.11. The lowest BCUT2D eigenvalue weighted by Gasteiger charge is -2.01. The number of nitrogens with one attached hydrogen (secondary N) is 1. The van der Waals surface area contributed by atoms with Gasteiger partial charge in [-0.3, -0.25) is 0 Å². The number of hydrogen-bond donors (Lipinski definition) is 1. The Labute approximate surface area is 78.2 Å². The minimum absolute atomic E-state index is 0.628. The molecule has 1 aromatic rings. The molecule has 1 rings (SSSR count). The Morgan fingerprint density at radius 2 is 2.08 bits per heavy atom. The molecule has 0 aromatic carbocycles. The molecule has 0 amide bonds. The van der Waals surface area contributed by atoms with Gasteiger partial charge in [-0.25, -0.2) is 9.97 Å². The quantitative estimate of drug-likeness (QED) is 0.715. The van der Waals surface area contributed by atoms with Crippen LogP contribution in [0.25, 0.3) is 5.57 Å². The number of hydrogen-bond acceptors (Lipinski definition) is 3. The highest BCUT2D eigenvalue weighted by molar-refractivity contribution is 5.72. The van der Waals surface area contributed by atoms with Crippen molar-refractivity contribution in [1.82, 2.24) is 9.97 Å². The summed E-state index contributed by atoms with van der Waals surface area (Å²) in [6, 6.07) is 0. The maximum Gasteiger partial charge on any atom is 0.222 e. The second-order valence-electron chi connectivity index (χ2n) is 2.49. The van der Waals surface area contributed by atoms with Gasteiger partial charge >= 0.3 is 0 Å². The first-order chi connectivity index (χ1) is 6.31. The van der Waals surface area contributed by atoms with E-state index in [4.69, 9.17) is 0 Å². The molecule has 68 valence electrons. The molecule has 3 heteroatoms. The average Bonchev–Trinajstić information content (AvgIpc) is 2.21. The van der Waals surface area contributed by atoms with Gasteiger partial charge in [-0.2, -0.15) is 0 Å². The summed E-state index contributed by atoms with van der Waals surface area (Å²) in [6.45, 7) is 5.67. The van der Waals surface area contributed by atoms with Gasteiger partial charge in [0, 0.05) is 25.0 Å². The maximum absolute atomic E-state index is 4.10. The van der Waals surface area contributed by atoms with Crippen LogP contribution in [0.15, 0.2) is 31.1 Å². The van der Waals surface area contributed by atoms with Crippen molar-refractivity contribution >= 4 is 11.5 Å². The Kier molecular flexibility index (Phi) is 3.20. The summed E-state index contributed by atoms with van der Waals surface area (Å²) in [5.74, 6) is 0.628. The Bertz CT molecular complexity index is 311. The van der Waals surface area contributed by atoms with Crippen LogP contribution in [-0.4, -0.2) is 17.0 Å². The van der Waals surface area contributed by atoms with Gasteiger partial charge in [-0.1, -0.05) is 18.7 Å². The van der Waals surface area contributed by atoms with Gasteiger partial charge < -0.3 is 5.32 Å². The van der Waals surface area contributed by atoms with Crippen molar-refractivity contribution in [2.75, 3.05) is 12.4 Å². The van der Waals surface area contributed by atoms with E-state index < -0.39 is 0 Å². The lowest BCUT2D eigenvalue weighted by molar-refractivity contribution is 1.14. The van der Waals surface area contributed by atoms with E-state index in [9.17, 15) is 0 Å². The van der Waals surface area contributed by atoms with E-state index >= 15 is 0 Å². The fourth-order valence-corrected chi connectivity index (χ4v) is 1.01. The third-order valence-electron chi connectivity index (χ3n) is 1.74. The zero-order valence-electron chi connectivity index (χ0n) is 7.91. The van der Waals surface area contributed by atoms with Crippen molar-refractivity contribution in [2.45, 2.75) is 6.92 Å². The number of allylic oxidation sites excluding steroid dienone is 3. The fourth-order valence-electron chi connectivity index (χ4n) is 1.01. The molecule has 1 N–H and O–H groups in total. The molecule has 0 spiro atoms. The van der Waals surface area contributed by atoms with Crippen LogP contribution < -0.4 is 5.32 Å². The highest BCUT2D eigenvalue weighted by Gasteiger charge is 1.97. The summed E-state index contributed by atoms with van der Waals surface area (Å²) in [5.41, 5.74) is 2.03. The monoisotopic (exact) mass is 175 g/mol. The Morgan fingerprint density at radius 1 is 1.46 bits per heavy atom. The van der Waals surface area contributed by atoms with Gasteiger partial charge in [0.25, 0.3) is 0 Å². The molecular weight excluding hydrogens is 162 g/mol. The van der Waals surface area contributed by atoms with Crippen molar-refractivity contribution in [2.24, 2.45) is 0 Å². The SMILES string of the molecule is C=C/C(=C\C)c1cnc(NC)nc1. The zero-order valence-corrected chi connectivity index (χ0v) is 7.91. The first-order valence-electron chi connectivity index (χ1n) is 4.10. The Morgan fingerprint density at radius 3 is 2.46 bits per heavy atom. The maximum atomic E-state index is 4.10. The average molecular weight is 175 g/mol. The Hall–Kier alpha value is -1.64. The summed E-state index contributed by atoms with van der Waals surface area (Å²) in [6.07, 6.45) is 7.31. The van der Waals surface area contributed by atoms with Crippen LogP contribution in [0, 0.1) is 0 Å². The first-order valence-corrected chi connectivity index (χ1v) is 4.10. The number of nitrogens with zero attached hydrogens (tertiary/aromatic N) is 2. The van der Waals surface area contributed by atoms with E-state index in [1.165, 1.54) is 0 Å². The van der Waals surface area contributed by atoms with E-state index in [2.05, 4.69) is 21.9 Å². The largest absolute Gasteiger partial charge is 0.357 e. The molecule has 3 nitrogen and oxygen atoms in total. The summed E-state index contributed by atoms with van der Waals surface area (Å²) in [7, 11) is 1.79. The van der Waals surface area contributed by atoms with Crippen LogP contribution in [0.4, 0.5) is 5.95 Å². The molecule has 0 radical (unpaired) electrons. The standard InChI is InChI=1S/C10H13N3/c1-4-8(5-2)9-6-12-10(11-3)13-7-9/h4-7H,1H2,2-3H3,(H,11,12,13)/b8-5+. The lowest BCUT2D eigenvalue weighted by Crippen LogP contribution is -1.96. The summed E-state index contributed by atoms with van der Waals surface area (Å²) in [5, 5.41) is 2.86. The molecule has 13 heavy (non-hydrogen) atoms. The lowest BCUT2D eigenvalue weighted by atomic mass is 10.1. The Balaban J connectivity index is 2.97. The van der Waals surface area contributed by atoms with Crippen molar-refractivity contribution in [3.8, 4) is 0 Å². The molecule has 0 aliphatic carbocycles. The molecule has 0 aliphatic rings. The molecular formula is C10H13N3. The predicted molar refractivity (Wildman–Crippen MR) is 55.4 cm³/mol. The van der Waals surface area contributed by atoms with Gasteiger partial charge in [-0.15, -0.1) is 0 Å². The molecule has 1 heterocycles. The molecule has 0 unspecified atom stereocenters. The van der Waals surface area contributed by atoms with Gasteiger partial charge in [0.1, 0.15) is 0 Å². The van der Waals surface area contributed by atoms with E-state index in [1.54, 1.807) is 25.5 Å². The minimum Gasteiger partial charge on any atom is -0.357 e. The molecule has 0 aliphatic heterocycles. The fraction of sp³-hybridized carbons (Fsp3) is 0.200. The molecule has 1 aromatic heterocycles. The van der Waals surface area contributed by atoms with Crippen molar-refractivity contribution in [1.29, 1.82) is 0 Å². The third kappa shape index (κ3) is 2.15. The third-order valence-corrected chi connectivity index (χ3v) is 1.74. The molecule has 0 bridgehead atoms. The second-order valence-corrected chi connectivity index (χ2v) is 2.49. The highest BCUT2D eigenvalue weighted by atomic mass is 15.1. The van der Waals surface area contributed by atoms with Crippen LogP contribution in [-0.2, 0) is 0 Å². The van der Waals surface area contributed by atoms with E-state index in [0.717, 1.165) is 11.1 Å². The smallest absolute Gasteiger partial charge is 0.222 e. The van der Waals surface area contributed by atoms with E-state index in [0.29, 0.717) is 5.95 Å². The van der Waals surface area contributed by atoms with Crippen LogP contribution in [0.3, 0.4) is 0 Å². The number of aromatic nitrogens is 2. The zero-order chi connectivity index (χ0) is 9.68. The summed E-state index contributed by atoms with van der Waals surface area (Å²) >= 11 is 0. The molecule has 0 saturated carbocycles. The van der Waals surface area contributed by atoms with Crippen LogP contribution in [0.1, 0.15) is 12.5 Å². The van der Waals surface area contributed by atoms with E-state index in [-0.39, 0.29) is 0 Å². The van der Waals surface area contributed by atoms with Crippen LogP contribution in [0.5, 0.6) is 0 Å². The normalized spacial score (nSPS) is 11.1. The second kappa shape index (κ2) is 4.40. The van der Waals surface area contributed by atoms with Crippen LogP contribution >= 0.6 is 0 Å². The van der Waals surface area contributed by atoms with Crippen LogP contribution in [0.2, 0.25) is 0 Å². The summed E-state index contributed by atoms with van der Waals surface area (Å²) < 4.78 is 0. The highest BCUT2D eigenvalue weighted by Crippen LogP contribution is 2.13. The van der Waals surface area contributed by atoms with Crippen molar-refractivity contribution < 1.29 is 0 Å². The number of rotatable bonds is 3. The van der Waals surface area contributed by atoms with Gasteiger partial charge in [0.15, 0.2) is 0 Å². The number of anilines is 1. The molecule has 0 atom stereocenters. The van der Waals surface area contributed by atoms with Gasteiger partial charge in [-0.05, 0) is 12.5 Å².